The Labute approximate surface area is 131 Å². The smallest absolute Gasteiger partial charge is 0.173 e. The molecule has 0 aliphatic rings. The number of aromatic nitrogens is 4. The number of nitrogens with zero attached hydrogens (tertiary/aromatic N) is 4. The minimum atomic E-state index is -0.365. The van der Waals surface area contributed by atoms with Crippen LogP contribution in [0.5, 0.6) is 0 Å². The Balaban J connectivity index is 1.88. The van der Waals surface area contributed by atoms with Gasteiger partial charge in [-0.05, 0) is 31.2 Å². The van der Waals surface area contributed by atoms with E-state index in [0.29, 0.717) is 22.6 Å². The Hall–Kier alpha value is -3.02. The molecular weight excluding hydrogens is 293 g/mol. The summed E-state index contributed by atoms with van der Waals surface area (Å²) in [6.07, 6.45) is 5.34. The standard InChI is InChI=1S/C17H14FN5/c1-10-8-23-9-12(6-14(18)17(23)21-10)15-4-3-11-5-13(19-2)7-20-16(11)22-15/h3-9,19H,1-2H3. The summed E-state index contributed by atoms with van der Waals surface area (Å²) in [4.78, 5) is 13.0. The number of pyridine rings is 3. The van der Waals surface area contributed by atoms with Gasteiger partial charge in [0, 0.05) is 30.4 Å². The summed E-state index contributed by atoms with van der Waals surface area (Å²) < 4.78 is 15.9. The van der Waals surface area contributed by atoms with Crippen LogP contribution in [-0.2, 0) is 0 Å². The van der Waals surface area contributed by atoms with Gasteiger partial charge in [-0.25, -0.2) is 19.3 Å². The Bertz CT molecular complexity index is 1040. The number of imidazole rings is 1. The summed E-state index contributed by atoms with van der Waals surface area (Å²) in [6.45, 7) is 1.84. The first-order valence-electron chi connectivity index (χ1n) is 7.24. The van der Waals surface area contributed by atoms with Crippen LogP contribution in [0.1, 0.15) is 5.69 Å². The summed E-state index contributed by atoms with van der Waals surface area (Å²) in [6, 6.07) is 7.24. The fourth-order valence-corrected chi connectivity index (χ4v) is 2.63. The molecule has 0 aromatic carbocycles. The van der Waals surface area contributed by atoms with Gasteiger partial charge < -0.3 is 9.72 Å². The topological polar surface area (TPSA) is 55.1 Å². The number of fused-ring (bicyclic) bond motifs is 2. The highest BCUT2D eigenvalue weighted by molar-refractivity contribution is 5.81. The molecule has 0 saturated carbocycles. The lowest BCUT2D eigenvalue weighted by molar-refractivity contribution is 0.630. The molecule has 0 aliphatic carbocycles. The van der Waals surface area contributed by atoms with Gasteiger partial charge in [0.2, 0.25) is 0 Å². The average molecular weight is 307 g/mol. The largest absolute Gasteiger partial charge is 0.387 e. The van der Waals surface area contributed by atoms with E-state index in [2.05, 4.69) is 20.3 Å². The van der Waals surface area contributed by atoms with Crippen LogP contribution in [0, 0.1) is 12.7 Å². The third-order valence-corrected chi connectivity index (χ3v) is 3.75. The second kappa shape index (κ2) is 5.01. The van der Waals surface area contributed by atoms with Crippen molar-refractivity contribution >= 4 is 22.4 Å². The van der Waals surface area contributed by atoms with Crippen LogP contribution in [0.15, 0.2) is 42.9 Å². The molecule has 6 heteroatoms. The maximum absolute atomic E-state index is 14.2. The molecule has 4 aromatic rings. The monoisotopic (exact) mass is 307 g/mol. The van der Waals surface area contributed by atoms with Crippen molar-refractivity contribution in [3.63, 3.8) is 0 Å². The fourth-order valence-electron chi connectivity index (χ4n) is 2.63. The van der Waals surface area contributed by atoms with E-state index in [1.165, 1.54) is 6.07 Å². The van der Waals surface area contributed by atoms with Crippen molar-refractivity contribution in [2.24, 2.45) is 0 Å². The first-order valence-corrected chi connectivity index (χ1v) is 7.24. The first kappa shape index (κ1) is 13.6. The third-order valence-electron chi connectivity index (χ3n) is 3.75. The molecule has 114 valence electrons. The molecule has 0 spiro atoms. The predicted octanol–water partition coefficient (Wildman–Crippen LogP) is 3.43. The lowest BCUT2D eigenvalue weighted by atomic mass is 10.1. The average Bonchev–Trinajstić information content (AvgIpc) is 2.94. The highest BCUT2D eigenvalue weighted by Gasteiger charge is 2.10. The Morgan fingerprint density at radius 1 is 1.13 bits per heavy atom. The molecule has 5 nitrogen and oxygen atoms in total. The van der Waals surface area contributed by atoms with E-state index in [1.807, 2.05) is 38.4 Å². The maximum Gasteiger partial charge on any atom is 0.173 e. The summed E-state index contributed by atoms with van der Waals surface area (Å²) in [7, 11) is 1.84. The highest BCUT2D eigenvalue weighted by Crippen LogP contribution is 2.24. The molecule has 4 rings (SSSR count). The van der Waals surface area contributed by atoms with Crippen molar-refractivity contribution in [2.45, 2.75) is 6.92 Å². The number of nitrogens with one attached hydrogen (secondary N) is 1. The van der Waals surface area contributed by atoms with Crippen LogP contribution in [0.3, 0.4) is 0 Å². The van der Waals surface area contributed by atoms with E-state index in [-0.39, 0.29) is 5.82 Å². The zero-order valence-corrected chi connectivity index (χ0v) is 12.7. The molecule has 23 heavy (non-hydrogen) atoms. The van der Waals surface area contributed by atoms with Crippen LogP contribution < -0.4 is 5.32 Å². The normalized spacial score (nSPS) is 11.3. The SMILES string of the molecule is CNc1cnc2nc(-c3cc(F)c4nc(C)cn4c3)ccc2c1. The minimum Gasteiger partial charge on any atom is -0.387 e. The zero-order chi connectivity index (χ0) is 16.0. The van der Waals surface area contributed by atoms with Crippen molar-refractivity contribution in [1.29, 1.82) is 0 Å². The van der Waals surface area contributed by atoms with E-state index in [0.717, 1.165) is 16.8 Å². The van der Waals surface area contributed by atoms with Crippen molar-refractivity contribution in [1.82, 2.24) is 19.4 Å². The van der Waals surface area contributed by atoms with Gasteiger partial charge in [-0.2, -0.15) is 0 Å². The van der Waals surface area contributed by atoms with Gasteiger partial charge in [-0.1, -0.05) is 0 Å². The molecule has 1 N–H and O–H groups in total. The summed E-state index contributed by atoms with van der Waals surface area (Å²) in [5.74, 6) is -0.365. The Morgan fingerprint density at radius 2 is 2.00 bits per heavy atom. The molecule has 4 heterocycles. The molecule has 0 amide bonds. The van der Waals surface area contributed by atoms with Crippen LogP contribution in [0.4, 0.5) is 10.1 Å². The number of anilines is 1. The minimum absolute atomic E-state index is 0.323. The number of hydrogen-bond donors (Lipinski definition) is 1. The van der Waals surface area contributed by atoms with Crippen molar-refractivity contribution in [3.8, 4) is 11.3 Å². The van der Waals surface area contributed by atoms with Crippen LogP contribution in [0.25, 0.3) is 27.9 Å². The molecule has 4 aromatic heterocycles. The van der Waals surface area contributed by atoms with Gasteiger partial charge in [-0.3, -0.25) is 0 Å². The Morgan fingerprint density at radius 3 is 2.83 bits per heavy atom. The van der Waals surface area contributed by atoms with E-state index >= 15 is 0 Å². The van der Waals surface area contributed by atoms with Gasteiger partial charge >= 0.3 is 0 Å². The molecule has 0 fully saturated rings. The second-order valence-corrected chi connectivity index (χ2v) is 5.41. The molecule has 0 atom stereocenters. The molecule has 0 saturated heterocycles. The lowest BCUT2D eigenvalue weighted by Crippen LogP contribution is -1.94. The summed E-state index contributed by atoms with van der Waals surface area (Å²) >= 11 is 0. The van der Waals surface area contributed by atoms with Crippen LogP contribution in [-0.4, -0.2) is 26.4 Å². The molecule has 0 radical (unpaired) electrons. The van der Waals surface area contributed by atoms with E-state index in [1.54, 1.807) is 16.8 Å². The zero-order valence-electron chi connectivity index (χ0n) is 12.7. The molecule has 0 unspecified atom stereocenters. The van der Waals surface area contributed by atoms with Crippen molar-refractivity contribution in [3.05, 3.63) is 54.4 Å². The number of hydrogen-bond acceptors (Lipinski definition) is 4. The van der Waals surface area contributed by atoms with Crippen molar-refractivity contribution in [2.75, 3.05) is 12.4 Å². The quantitative estimate of drug-likeness (QED) is 0.616. The predicted molar refractivity (Wildman–Crippen MR) is 88.0 cm³/mol. The van der Waals surface area contributed by atoms with E-state index < -0.39 is 0 Å². The first-order chi connectivity index (χ1) is 11.1. The molecule has 0 aliphatic heterocycles. The molecule has 0 bridgehead atoms. The number of rotatable bonds is 2. The van der Waals surface area contributed by atoms with Crippen molar-refractivity contribution < 1.29 is 4.39 Å². The third kappa shape index (κ3) is 2.28. The van der Waals surface area contributed by atoms with Crippen LogP contribution in [0.2, 0.25) is 0 Å². The van der Waals surface area contributed by atoms with Gasteiger partial charge in [0.15, 0.2) is 17.1 Å². The summed E-state index contributed by atoms with van der Waals surface area (Å²) in [5.41, 5.74) is 4.01. The van der Waals surface area contributed by atoms with E-state index in [4.69, 9.17) is 0 Å². The van der Waals surface area contributed by atoms with Gasteiger partial charge in [0.25, 0.3) is 0 Å². The highest BCUT2D eigenvalue weighted by atomic mass is 19.1. The van der Waals surface area contributed by atoms with Crippen LogP contribution >= 0.6 is 0 Å². The second-order valence-electron chi connectivity index (χ2n) is 5.41. The number of aryl methyl sites for hydroxylation is 1. The summed E-state index contributed by atoms with van der Waals surface area (Å²) in [5, 5.41) is 3.98. The Kier molecular flexibility index (Phi) is 2.97. The van der Waals surface area contributed by atoms with Gasteiger partial charge in [-0.15, -0.1) is 0 Å². The molecular formula is C17H14FN5. The number of halogens is 1. The van der Waals surface area contributed by atoms with E-state index in [9.17, 15) is 4.39 Å². The van der Waals surface area contributed by atoms with Gasteiger partial charge in [0.1, 0.15) is 0 Å². The maximum atomic E-state index is 14.2. The fraction of sp³-hybridized carbons (Fsp3) is 0.118. The lowest BCUT2D eigenvalue weighted by Gasteiger charge is -2.06. The van der Waals surface area contributed by atoms with Gasteiger partial charge in [0.05, 0.1) is 23.3 Å².